The highest BCUT2D eigenvalue weighted by Crippen LogP contribution is 2.30. The maximum absolute atomic E-state index is 13.3. The van der Waals surface area contributed by atoms with Gasteiger partial charge in [-0.15, -0.1) is 0 Å². The molecule has 172 valence electrons. The summed E-state index contributed by atoms with van der Waals surface area (Å²) < 4.78 is 28.1. The molecule has 1 aromatic heterocycles. The second-order valence-corrected chi connectivity index (χ2v) is 10.7. The summed E-state index contributed by atoms with van der Waals surface area (Å²) in [5.74, 6) is -0.105. The fourth-order valence-electron chi connectivity index (χ4n) is 4.12. The number of nitrogens with zero attached hydrogens (tertiary/aromatic N) is 2. The zero-order valence-corrected chi connectivity index (χ0v) is 19.9. The van der Waals surface area contributed by atoms with Crippen molar-refractivity contribution in [3.05, 3.63) is 94.8 Å². The van der Waals surface area contributed by atoms with Crippen LogP contribution in [0.15, 0.2) is 78.0 Å². The van der Waals surface area contributed by atoms with Crippen LogP contribution >= 0.6 is 11.6 Å². The Morgan fingerprint density at radius 1 is 1.09 bits per heavy atom. The fourth-order valence-corrected chi connectivity index (χ4v) is 6.22. The van der Waals surface area contributed by atoms with E-state index in [1.807, 2.05) is 49.4 Å². The van der Waals surface area contributed by atoms with Crippen molar-refractivity contribution in [3.8, 4) is 0 Å². The molecule has 2 heterocycles. The summed E-state index contributed by atoms with van der Waals surface area (Å²) in [7, 11) is -3.80. The van der Waals surface area contributed by atoms with Crippen LogP contribution in [0.3, 0.4) is 0 Å². The lowest BCUT2D eigenvalue weighted by molar-refractivity contribution is 0.0942. The molecule has 33 heavy (non-hydrogen) atoms. The summed E-state index contributed by atoms with van der Waals surface area (Å²) >= 11 is 6.29. The Kier molecular flexibility index (Phi) is 7.12. The molecular weight excluding hydrogens is 458 g/mol. The molecule has 3 aromatic rings. The highest BCUT2D eigenvalue weighted by atomic mass is 35.5. The van der Waals surface area contributed by atoms with Gasteiger partial charge in [-0.05, 0) is 60.2 Å². The Balaban J connectivity index is 1.64. The van der Waals surface area contributed by atoms with Crippen LogP contribution in [0.5, 0.6) is 0 Å². The van der Waals surface area contributed by atoms with Gasteiger partial charge in [0, 0.05) is 31.0 Å². The molecule has 4 rings (SSSR count). The minimum absolute atomic E-state index is 0.0360. The van der Waals surface area contributed by atoms with Crippen LogP contribution in [0.2, 0.25) is 5.02 Å². The Hall–Kier alpha value is -2.74. The van der Waals surface area contributed by atoms with Crippen molar-refractivity contribution in [3.63, 3.8) is 0 Å². The largest absolute Gasteiger partial charge is 0.341 e. The van der Waals surface area contributed by atoms with Crippen LogP contribution in [-0.4, -0.2) is 36.7 Å². The monoisotopic (exact) mass is 483 g/mol. The molecule has 2 unspecified atom stereocenters. The first-order valence-electron chi connectivity index (χ1n) is 10.9. The summed E-state index contributed by atoms with van der Waals surface area (Å²) in [5, 5.41) is 3.14. The van der Waals surface area contributed by atoms with Crippen LogP contribution in [-0.2, 0) is 10.0 Å². The number of carbonyl (C=O) groups excluding carboxylic acids is 1. The van der Waals surface area contributed by atoms with Crippen LogP contribution in [0.4, 0.5) is 0 Å². The molecular formula is C25H26ClN3O3S. The summed E-state index contributed by atoms with van der Waals surface area (Å²) in [6, 6.07) is 17.2. The number of rotatable bonds is 6. The average Bonchev–Trinajstić information content (AvgIpc) is 2.83. The Morgan fingerprint density at radius 2 is 1.79 bits per heavy atom. The number of pyridine rings is 1. The normalized spacial score (nSPS) is 17.9. The molecule has 1 N–H and O–H groups in total. The molecule has 1 aliphatic rings. The first-order valence-corrected chi connectivity index (χ1v) is 12.7. The second-order valence-electron chi connectivity index (χ2n) is 8.35. The molecule has 8 heteroatoms. The Bertz CT molecular complexity index is 1180. The number of hydrogen-bond donors (Lipinski definition) is 1. The van der Waals surface area contributed by atoms with Crippen LogP contribution < -0.4 is 5.32 Å². The number of hydrogen-bond acceptors (Lipinski definition) is 4. The van der Waals surface area contributed by atoms with E-state index in [0.717, 1.165) is 24.0 Å². The fraction of sp³-hybridized carbons (Fsp3) is 0.280. The summed E-state index contributed by atoms with van der Waals surface area (Å²) in [6.45, 7) is 2.95. The minimum atomic E-state index is -3.80. The van der Waals surface area contributed by atoms with Crippen LogP contribution in [0, 0.1) is 5.92 Å². The number of piperidine rings is 1. The SMILES string of the molecule is CC1CCCN(S(=O)(=O)c2cc(C(=O)NC(c3ccccc3)c3ccncc3)ccc2Cl)C1. The van der Waals surface area contributed by atoms with Gasteiger partial charge in [0.15, 0.2) is 0 Å². The van der Waals surface area contributed by atoms with Crippen molar-refractivity contribution in [1.29, 1.82) is 0 Å². The lowest BCUT2D eigenvalue weighted by Gasteiger charge is -2.30. The van der Waals surface area contributed by atoms with Gasteiger partial charge in [0.1, 0.15) is 4.90 Å². The third-order valence-corrected chi connectivity index (χ3v) is 8.23. The van der Waals surface area contributed by atoms with Gasteiger partial charge in [-0.1, -0.05) is 48.9 Å². The molecule has 0 bridgehead atoms. The first-order chi connectivity index (χ1) is 15.9. The topological polar surface area (TPSA) is 79.4 Å². The summed E-state index contributed by atoms with van der Waals surface area (Å²) in [4.78, 5) is 17.3. The minimum Gasteiger partial charge on any atom is -0.341 e. The Morgan fingerprint density at radius 3 is 2.48 bits per heavy atom. The van der Waals surface area contributed by atoms with E-state index in [1.54, 1.807) is 18.5 Å². The van der Waals surface area contributed by atoms with Gasteiger partial charge in [0.2, 0.25) is 10.0 Å². The van der Waals surface area contributed by atoms with Gasteiger partial charge in [-0.3, -0.25) is 9.78 Å². The third-order valence-electron chi connectivity index (χ3n) is 5.88. The number of benzene rings is 2. The quantitative estimate of drug-likeness (QED) is 0.552. The van der Waals surface area contributed by atoms with Crippen molar-refractivity contribution in [2.75, 3.05) is 13.1 Å². The van der Waals surface area contributed by atoms with E-state index in [4.69, 9.17) is 11.6 Å². The molecule has 1 fully saturated rings. The van der Waals surface area contributed by atoms with Gasteiger partial charge in [0.05, 0.1) is 11.1 Å². The summed E-state index contributed by atoms with van der Waals surface area (Å²) in [6.07, 6.45) is 5.15. The number of sulfonamides is 1. The van der Waals surface area contributed by atoms with Crippen molar-refractivity contribution < 1.29 is 13.2 Å². The number of aromatic nitrogens is 1. The summed E-state index contributed by atoms with van der Waals surface area (Å²) in [5.41, 5.74) is 2.01. The molecule has 6 nitrogen and oxygen atoms in total. The number of amides is 1. The second kappa shape index (κ2) is 10.0. The van der Waals surface area contributed by atoms with E-state index < -0.39 is 16.1 Å². The van der Waals surface area contributed by atoms with Crippen molar-refractivity contribution >= 4 is 27.5 Å². The van der Waals surface area contributed by atoms with E-state index in [0.29, 0.717) is 13.1 Å². The van der Waals surface area contributed by atoms with Crippen molar-refractivity contribution in [2.24, 2.45) is 5.92 Å². The molecule has 0 spiro atoms. The van der Waals surface area contributed by atoms with Gasteiger partial charge >= 0.3 is 0 Å². The number of nitrogens with one attached hydrogen (secondary N) is 1. The van der Waals surface area contributed by atoms with E-state index in [-0.39, 0.29) is 27.3 Å². The molecule has 0 saturated carbocycles. The number of halogens is 1. The number of carbonyl (C=O) groups is 1. The third kappa shape index (κ3) is 5.27. The molecule has 1 amide bonds. The van der Waals surface area contributed by atoms with E-state index in [1.165, 1.54) is 16.4 Å². The van der Waals surface area contributed by atoms with Gasteiger partial charge in [0.25, 0.3) is 5.91 Å². The highest BCUT2D eigenvalue weighted by Gasteiger charge is 2.31. The maximum Gasteiger partial charge on any atom is 0.252 e. The predicted octanol–water partition coefficient (Wildman–Crippen LogP) is 4.68. The van der Waals surface area contributed by atoms with Gasteiger partial charge in [-0.25, -0.2) is 8.42 Å². The molecule has 1 aliphatic heterocycles. The zero-order valence-electron chi connectivity index (χ0n) is 18.3. The van der Waals surface area contributed by atoms with Gasteiger partial charge in [-0.2, -0.15) is 4.31 Å². The molecule has 0 radical (unpaired) electrons. The lowest BCUT2D eigenvalue weighted by Crippen LogP contribution is -2.39. The van der Waals surface area contributed by atoms with Crippen LogP contribution in [0.1, 0.15) is 47.3 Å². The van der Waals surface area contributed by atoms with E-state index >= 15 is 0 Å². The standard InChI is InChI=1S/C25H26ClN3O3S/c1-18-6-5-15-29(17-18)33(31,32)23-16-21(9-10-22(23)26)25(30)28-24(19-7-3-2-4-8-19)20-11-13-27-14-12-20/h2-4,7-14,16,18,24H,5-6,15,17H2,1H3,(H,28,30). The van der Waals surface area contributed by atoms with E-state index in [2.05, 4.69) is 10.3 Å². The average molecular weight is 484 g/mol. The maximum atomic E-state index is 13.3. The molecule has 0 aliphatic carbocycles. The van der Waals surface area contributed by atoms with Crippen molar-refractivity contribution in [1.82, 2.24) is 14.6 Å². The lowest BCUT2D eigenvalue weighted by atomic mass is 9.99. The Labute approximate surface area is 199 Å². The zero-order chi connectivity index (χ0) is 23.4. The first kappa shape index (κ1) is 23.4. The molecule has 1 saturated heterocycles. The van der Waals surface area contributed by atoms with Crippen molar-refractivity contribution in [2.45, 2.75) is 30.7 Å². The van der Waals surface area contributed by atoms with E-state index in [9.17, 15) is 13.2 Å². The van der Waals surface area contributed by atoms with Gasteiger partial charge < -0.3 is 5.32 Å². The predicted molar refractivity (Wildman–Crippen MR) is 129 cm³/mol. The smallest absolute Gasteiger partial charge is 0.252 e. The highest BCUT2D eigenvalue weighted by molar-refractivity contribution is 7.89. The van der Waals surface area contributed by atoms with Crippen LogP contribution in [0.25, 0.3) is 0 Å². The molecule has 2 aromatic carbocycles. The molecule has 2 atom stereocenters.